The van der Waals surface area contributed by atoms with Crippen molar-refractivity contribution in [1.82, 2.24) is 14.5 Å². The van der Waals surface area contributed by atoms with E-state index in [1.54, 1.807) is 0 Å². The van der Waals surface area contributed by atoms with Crippen LogP contribution in [-0.2, 0) is 0 Å². The molecule has 268 valence electrons. The highest BCUT2D eigenvalue weighted by atomic mass is 32.1. The Morgan fingerprint density at radius 1 is 0.362 bits per heavy atom. The van der Waals surface area contributed by atoms with Gasteiger partial charge in [0.1, 0.15) is 5.69 Å². The molecule has 58 heavy (non-hydrogen) atoms. The first-order chi connectivity index (χ1) is 28.8. The predicted octanol–water partition coefficient (Wildman–Crippen LogP) is 15.0. The summed E-state index contributed by atoms with van der Waals surface area (Å²) in [6, 6.07) is 68.2. The van der Waals surface area contributed by atoms with Gasteiger partial charge < -0.3 is 0 Å². The van der Waals surface area contributed by atoms with Gasteiger partial charge in [-0.05, 0) is 97.7 Å². The summed E-state index contributed by atoms with van der Waals surface area (Å²) < 4.78 is 5.00. The third-order valence-corrected chi connectivity index (χ3v) is 13.2. The van der Waals surface area contributed by atoms with E-state index < -0.39 is 0 Å². The lowest BCUT2D eigenvalue weighted by molar-refractivity contribution is 1.08. The van der Waals surface area contributed by atoms with Crippen LogP contribution in [0.3, 0.4) is 0 Å². The molecule has 13 aromatic rings. The fourth-order valence-electron chi connectivity index (χ4n) is 9.58. The third-order valence-electron chi connectivity index (χ3n) is 12.1. The van der Waals surface area contributed by atoms with Crippen LogP contribution in [0.25, 0.3) is 125 Å². The second-order valence-electron chi connectivity index (χ2n) is 15.3. The minimum absolute atomic E-state index is 0.816. The maximum Gasteiger partial charge on any atom is 0.165 e. The molecule has 3 nitrogen and oxygen atoms in total. The third kappa shape index (κ3) is 4.49. The van der Waals surface area contributed by atoms with Gasteiger partial charge in [-0.15, -0.1) is 11.3 Å². The Labute approximate surface area is 337 Å². The van der Waals surface area contributed by atoms with Crippen LogP contribution in [0.2, 0.25) is 0 Å². The number of aromatic nitrogens is 3. The van der Waals surface area contributed by atoms with Gasteiger partial charge in [0, 0.05) is 41.9 Å². The summed E-state index contributed by atoms with van der Waals surface area (Å²) in [5.41, 5.74) is 10.4. The Balaban J connectivity index is 1.23. The summed E-state index contributed by atoms with van der Waals surface area (Å²) in [5.74, 6) is 0.816. The van der Waals surface area contributed by atoms with Gasteiger partial charge >= 0.3 is 0 Å². The van der Waals surface area contributed by atoms with Crippen molar-refractivity contribution in [3.05, 3.63) is 188 Å². The quantitative estimate of drug-likeness (QED) is 0.168. The highest BCUT2D eigenvalue weighted by molar-refractivity contribution is 7.26. The maximum atomic E-state index is 5.72. The molecular formula is C54H31N3S. The second kappa shape index (κ2) is 12.1. The molecule has 0 aliphatic carbocycles. The van der Waals surface area contributed by atoms with E-state index in [0.717, 1.165) is 72.2 Å². The highest BCUT2D eigenvalue weighted by Crippen LogP contribution is 2.49. The first-order valence-electron chi connectivity index (χ1n) is 19.7. The van der Waals surface area contributed by atoms with E-state index in [9.17, 15) is 0 Å². The van der Waals surface area contributed by atoms with Crippen LogP contribution >= 0.6 is 11.3 Å². The number of benzene rings is 9. The summed E-state index contributed by atoms with van der Waals surface area (Å²) >= 11 is 1.88. The van der Waals surface area contributed by atoms with Crippen LogP contribution in [-0.4, -0.2) is 14.5 Å². The lowest BCUT2D eigenvalue weighted by Crippen LogP contribution is -2.04. The highest BCUT2D eigenvalue weighted by Gasteiger charge is 2.25. The number of rotatable bonds is 4. The van der Waals surface area contributed by atoms with Crippen molar-refractivity contribution in [2.24, 2.45) is 0 Å². The number of fused-ring (bicyclic) bond motifs is 6. The minimum Gasteiger partial charge on any atom is -0.292 e. The normalized spacial score (nSPS) is 12.1. The van der Waals surface area contributed by atoms with Gasteiger partial charge in [-0.2, -0.15) is 0 Å². The zero-order valence-corrected chi connectivity index (χ0v) is 32.0. The molecule has 0 aliphatic rings. The molecule has 0 saturated carbocycles. The molecule has 0 bridgehead atoms. The number of nitrogens with zero attached hydrogens (tertiary/aromatic N) is 3. The Morgan fingerprint density at radius 2 is 0.948 bits per heavy atom. The van der Waals surface area contributed by atoms with E-state index in [2.05, 4.69) is 193 Å². The van der Waals surface area contributed by atoms with E-state index >= 15 is 0 Å². The zero-order chi connectivity index (χ0) is 37.9. The summed E-state index contributed by atoms with van der Waals surface area (Å²) in [6.45, 7) is 0. The molecule has 13 rings (SSSR count). The lowest BCUT2D eigenvalue weighted by atomic mass is 9.94. The summed E-state index contributed by atoms with van der Waals surface area (Å²) in [6.07, 6.45) is 0. The summed E-state index contributed by atoms with van der Waals surface area (Å²) in [4.78, 5) is 11.4. The fraction of sp³-hybridized carbons (Fsp3) is 0. The van der Waals surface area contributed by atoms with Crippen molar-refractivity contribution in [2.45, 2.75) is 0 Å². The molecule has 0 amide bonds. The van der Waals surface area contributed by atoms with Crippen molar-refractivity contribution in [3.8, 4) is 39.3 Å². The standard InChI is InChI=1S/C54H31N3S/c1-3-13-32(14-4-1)35-29-36(33-15-5-2-6-16-33)31-37(30-35)52-54(55-43-26-25-34-17-7-8-18-38(34)53(43)56-52)57-44-23-11-21-41-39-19-9-10-20-40(39)42-22-12-24-46-49(42)51-47(58-46)28-27-45(57)50(51)48(41)44/h1-31H. The number of hydrogen-bond acceptors (Lipinski definition) is 3. The molecule has 0 radical (unpaired) electrons. The van der Waals surface area contributed by atoms with Crippen molar-refractivity contribution in [2.75, 3.05) is 0 Å². The van der Waals surface area contributed by atoms with Crippen LogP contribution in [0.4, 0.5) is 0 Å². The SMILES string of the molecule is c1ccc(-c2cc(-c3ccccc3)cc(-c3nc4c(ccc5ccccc54)nc3-n3c4cccc5c6ccccc6c6cccc7sc8ccc3c(c8c76)c54)c2)cc1. The van der Waals surface area contributed by atoms with Gasteiger partial charge in [0.05, 0.1) is 22.1 Å². The first-order valence-corrected chi connectivity index (χ1v) is 20.6. The Kier molecular flexibility index (Phi) is 6.60. The van der Waals surface area contributed by atoms with Crippen LogP contribution in [0.15, 0.2) is 188 Å². The van der Waals surface area contributed by atoms with Gasteiger partial charge in [0.2, 0.25) is 0 Å². The number of hydrogen-bond donors (Lipinski definition) is 0. The first kappa shape index (κ1) is 31.8. The van der Waals surface area contributed by atoms with Gasteiger partial charge in [-0.3, -0.25) is 4.57 Å². The molecular weight excluding hydrogens is 723 g/mol. The van der Waals surface area contributed by atoms with Crippen LogP contribution < -0.4 is 0 Å². The summed E-state index contributed by atoms with van der Waals surface area (Å²) in [7, 11) is 0. The topological polar surface area (TPSA) is 30.7 Å². The van der Waals surface area contributed by atoms with Crippen molar-refractivity contribution < 1.29 is 0 Å². The molecule has 0 atom stereocenters. The molecule has 4 heteroatoms. The van der Waals surface area contributed by atoms with Gasteiger partial charge in [0.25, 0.3) is 0 Å². The predicted molar refractivity (Wildman–Crippen MR) is 247 cm³/mol. The Morgan fingerprint density at radius 3 is 1.69 bits per heavy atom. The van der Waals surface area contributed by atoms with Crippen molar-refractivity contribution in [3.63, 3.8) is 0 Å². The fourth-order valence-corrected chi connectivity index (χ4v) is 10.7. The van der Waals surface area contributed by atoms with Crippen molar-refractivity contribution >= 4 is 96.7 Å². The van der Waals surface area contributed by atoms with E-state index in [1.807, 2.05) is 11.3 Å². The molecule has 0 saturated heterocycles. The maximum absolute atomic E-state index is 5.72. The molecule has 0 spiro atoms. The van der Waals surface area contributed by atoms with Gasteiger partial charge in [0.15, 0.2) is 5.82 Å². The monoisotopic (exact) mass is 753 g/mol. The van der Waals surface area contributed by atoms with Gasteiger partial charge in [-0.1, -0.05) is 140 Å². The van der Waals surface area contributed by atoms with Crippen LogP contribution in [0, 0.1) is 0 Å². The number of thiophene rings is 1. The minimum atomic E-state index is 0.816. The second-order valence-corrected chi connectivity index (χ2v) is 16.4. The smallest absolute Gasteiger partial charge is 0.165 e. The average molecular weight is 754 g/mol. The van der Waals surface area contributed by atoms with Gasteiger partial charge in [-0.25, -0.2) is 9.97 Å². The van der Waals surface area contributed by atoms with Crippen LogP contribution in [0.5, 0.6) is 0 Å². The molecule has 3 aromatic heterocycles. The Bertz CT molecular complexity index is 3730. The largest absolute Gasteiger partial charge is 0.292 e. The summed E-state index contributed by atoms with van der Waals surface area (Å²) in [5, 5.41) is 12.4. The van der Waals surface area contributed by atoms with Crippen LogP contribution in [0.1, 0.15) is 0 Å². The molecule has 10 aromatic carbocycles. The van der Waals surface area contributed by atoms with E-state index in [-0.39, 0.29) is 0 Å². The lowest BCUT2D eigenvalue weighted by Gasteiger charge is -2.17. The molecule has 0 aliphatic heterocycles. The van der Waals surface area contributed by atoms with E-state index in [0.29, 0.717) is 0 Å². The molecule has 0 N–H and O–H groups in total. The zero-order valence-electron chi connectivity index (χ0n) is 31.1. The molecule has 3 heterocycles. The molecule has 0 unspecified atom stereocenters. The van der Waals surface area contributed by atoms with Crippen molar-refractivity contribution in [1.29, 1.82) is 0 Å². The Hall–Kier alpha value is -7.40. The average Bonchev–Trinajstić information content (AvgIpc) is 3.84. The van der Waals surface area contributed by atoms with E-state index in [1.165, 1.54) is 52.5 Å². The molecule has 0 fully saturated rings. The van der Waals surface area contributed by atoms with E-state index in [4.69, 9.17) is 9.97 Å².